The first-order valence-electron chi connectivity index (χ1n) is 6.39. The number of benzene rings is 1. The Balaban J connectivity index is 2.13. The number of hydrogen-bond acceptors (Lipinski definition) is 3. The van der Waals surface area contributed by atoms with E-state index in [0.29, 0.717) is 29.9 Å². The second kappa shape index (κ2) is 4.09. The number of aliphatic carboxylic acids is 1. The number of carbonyl (C=O) groups excluding carboxylic acids is 2. The van der Waals surface area contributed by atoms with Gasteiger partial charge in [0.2, 0.25) is 0 Å². The Labute approximate surface area is 118 Å². The Kier molecular flexibility index (Phi) is 2.66. The molecular formula is C14H11F2NO4. The van der Waals surface area contributed by atoms with Crippen molar-refractivity contribution in [3.63, 3.8) is 0 Å². The number of carbonyl (C=O) groups is 3. The third-order valence-electron chi connectivity index (χ3n) is 4.20. The fourth-order valence-electron chi connectivity index (χ4n) is 2.75. The molecule has 1 aromatic rings. The second-order valence-electron chi connectivity index (χ2n) is 5.48. The lowest BCUT2D eigenvalue weighted by Crippen LogP contribution is -2.56. The largest absolute Gasteiger partial charge is 0.479 e. The fourth-order valence-corrected chi connectivity index (χ4v) is 2.75. The van der Waals surface area contributed by atoms with Crippen molar-refractivity contribution in [2.24, 2.45) is 5.92 Å². The molecule has 0 spiro atoms. The van der Waals surface area contributed by atoms with E-state index in [1.54, 1.807) is 0 Å². The first kappa shape index (κ1) is 13.7. The van der Waals surface area contributed by atoms with Gasteiger partial charge in [-0.05, 0) is 37.8 Å². The van der Waals surface area contributed by atoms with E-state index in [9.17, 15) is 28.3 Å². The maximum Gasteiger partial charge on any atom is 0.330 e. The van der Waals surface area contributed by atoms with E-state index in [4.69, 9.17) is 0 Å². The number of rotatable bonds is 3. The molecule has 2 amide bonds. The van der Waals surface area contributed by atoms with Crippen LogP contribution in [0.15, 0.2) is 12.1 Å². The number of carboxylic acid groups (broad SMARTS) is 1. The highest BCUT2D eigenvalue weighted by molar-refractivity contribution is 6.23. The Morgan fingerprint density at radius 2 is 1.62 bits per heavy atom. The van der Waals surface area contributed by atoms with Crippen LogP contribution in [-0.4, -0.2) is 33.3 Å². The number of carboxylic acids is 1. The summed E-state index contributed by atoms with van der Waals surface area (Å²) in [5, 5.41) is 9.43. The van der Waals surface area contributed by atoms with Gasteiger partial charge in [-0.3, -0.25) is 14.5 Å². The molecule has 0 saturated heterocycles. The van der Waals surface area contributed by atoms with Crippen LogP contribution in [0.2, 0.25) is 0 Å². The maximum atomic E-state index is 13.3. The topological polar surface area (TPSA) is 74.7 Å². The highest BCUT2D eigenvalue weighted by atomic mass is 19.2. The number of imide groups is 1. The molecule has 1 saturated carbocycles. The molecule has 1 atom stereocenters. The summed E-state index contributed by atoms with van der Waals surface area (Å²) in [6.07, 6.45) is 1.16. The van der Waals surface area contributed by atoms with Crippen molar-refractivity contribution < 1.29 is 28.3 Å². The van der Waals surface area contributed by atoms with Crippen LogP contribution in [-0.2, 0) is 4.79 Å². The molecule has 0 aromatic heterocycles. The van der Waals surface area contributed by atoms with Crippen LogP contribution in [0.3, 0.4) is 0 Å². The molecule has 110 valence electrons. The average molecular weight is 295 g/mol. The minimum absolute atomic E-state index is 0.299. The summed E-state index contributed by atoms with van der Waals surface area (Å²) in [6, 6.07) is 1.28. The van der Waals surface area contributed by atoms with Crippen molar-refractivity contribution in [1.29, 1.82) is 0 Å². The number of amides is 2. The van der Waals surface area contributed by atoms with E-state index in [-0.39, 0.29) is 17.0 Å². The molecule has 21 heavy (non-hydrogen) atoms. The van der Waals surface area contributed by atoms with Crippen LogP contribution in [0.25, 0.3) is 0 Å². The summed E-state index contributed by atoms with van der Waals surface area (Å²) in [5.74, 6) is -5.94. The standard InChI is InChI=1S/C14H11F2NO4/c1-14(13(20)21,6-2-3-6)17-11(18)7-4-9(15)10(16)5-8(7)12(17)19/h4-6H,2-3H2,1H3,(H,20,21). The van der Waals surface area contributed by atoms with Crippen LogP contribution in [0.5, 0.6) is 0 Å². The van der Waals surface area contributed by atoms with E-state index in [2.05, 4.69) is 0 Å². The predicted molar refractivity (Wildman–Crippen MR) is 65.6 cm³/mol. The second-order valence-corrected chi connectivity index (χ2v) is 5.48. The lowest BCUT2D eigenvalue weighted by Gasteiger charge is -2.33. The van der Waals surface area contributed by atoms with E-state index < -0.39 is 35.0 Å². The average Bonchev–Trinajstić information content (AvgIpc) is 3.22. The van der Waals surface area contributed by atoms with Crippen LogP contribution in [0, 0.1) is 17.6 Å². The molecule has 3 rings (SSSR count). The fraction of sp³-hybridized carbons (Fsp3) is 0.357. The van der Waals surface area contributed by atoms with Crippen molar-refractivity contribution in [3.05, 3.63) is 34.9 Å². The zero-order valence-electron chi connectivity index (χ0n) is 11.0. The molecule has 1 aromatic carbocycles. The minimum atomic E-state index is -1.69. The van der Waals surface area contributed by atoms with Crippen LogP contribution < -0.4 is 0 Å². The normalized spacial score (nSPS) is 20.4. The zero-order valence-corrected chi connectivity index (χ0v) is 11.0. The Bertz CT molecular complexity index is 657. The molecule has 1 fully saturated rings. The number of fused-ring (bicyclic) bond motifs is 1. The van der Waals surface area contributed by atoms with Gasteiger partial charge in [-0.25, -0.2) is 13.6 Å². The molecule has 2 aliphatic rings. The lowest BCUT2D eigenvalue weighted by molar-refractivity contribution is -0.148. The molecule has 1 unspecified atom stereocenters. The molecule has 1 aliphatic heterocycles. The Morgan fingerprint density at radius 3 is 1.95 bits per heavy atom. The van der Waals surface area contributed by atoms with Gasteiger partial charge in [0.25, 0.3) is 11.8 Å². The first-order chi connectivity index (χ1) is 9.78. The summed E-state index contributed by atoms with van der Waals surface area (Å²) in [7, 11) is 0. The monoisotopic (exact) mass is 295 g/mol. The summed E-state index contributed by atoms with van der Waals surface area (Å²) in [4.78, 5) is 36.8. The van der Waals surface area contributed by atoms with E-state index in [1.165, 1.54) is 6.92 Å². The summed E-state index contributed by atoms with van der Waals surface area (Å²) >= 11 is 0. The molecule has 1 heterocycles. The number of nitrogens with zero attached hydrogens (tertiary/aromatic N) is 1. The summed E-state index contributed by atoms with van der Waals surface area (Å²) in [5.41, 5.74) is -2.29. The molecule has 0 bridgehead atoms. The van der Waals surface area contributed by atoms with Crippen molar-refractivity contribution in [1.82, 2.24) is 4.90 Å². The van der Waals surface area contributed by atoms with Gasteiger partial charge in [-0.15, -0.1) is 0 Å². The number of hydrogen-bond donors (Lipinski definition) is 1. The molecular weight excluding hydrogens is 284 g/mol. The van der Waals surface area contributed by atoms with Gasteiger partial charge in [-0.1, -0.05) is 0 Å². The van der Waals surface area contributed by atoms with Gasteiger partial charge in [0.1, 0.15) is 5.54 Å². The Morgan fingerprint density at radius 1 is 1.19 bits per heavy atom. The van der Waals surface area contributed by atoms with Crippen molar-refractivity contribution >= 4 is 17.8 Å². The van der Waals surface area contributed by atoms with Crippen molar-refractivity contribution in [2.45, 2.75) is 25.3 Å². The predicted octanol–water partition coefficient (Wildman–Crippen LogP) is 1.81. The van der Waals surface area contributed by atoms with E-state index >= 15 is 0 Å². The SMILES string of the molecule is CC(C(=O)O)(C1CC1)N1C(=O)c2cc(F)c(F)cc2C1=O. The first-order valence-corrected chi connectivity index (χ1v) is 6.39. The van der Waals surface area contributed by atoms with Gasteiger partial charge in [0.05, 0.1) is 11.1 Å². The van der Waals surface area contributed by atoms with Crippen LogP contribution in [0.1, 0.15) is 40.5 Å². The smallest absolute Gasteiger partial charge is 0.330 e. The van der Waals surface area contributed by atoms with Gasteiger partial charge in [-0.2, -0.15) is 0 Å². The molecule has 1 aliphatic carbocycles. The maximum absolute atomic E-state index is 13.3. The third kappa shape index (κ3) is 1.69. The van der Waals surface area contributed by atoms with Crippen molar-refractivity contribution in [2.75, 3.05) is 0 Å². The quantitative estimate of drug-likeness (QED) is 0.863. The molecule has 0 radical (unpaired) electrons. The van der Waals surface area contributed by atoms with Gasteiger partial charge in [0.15, 0.2) is 11.6 Å². The van der Waals surface area contributed by atoms with Gasteiger partial charge in [0, 0.05) is 0 Å². The summed E-state index contributed by atoms with van der Waals surface area (Å²) < 4.78 is 26.5. The van der Waals surface area contributed by atoms with Crippen LogP contribution >= 0.6 is 0 Å². The molecule has 7 heteroatoms. The lowest BCUT2D eigenvalue weighted by atomic mass is 9.93. The van der Waals surface area contributed by atoms with E-state index in [0.717, 1.165) is 0 Å². The number of halogens is 2. The zero-order chi connectivity index (χ0) is 15.5. The van der Waals surface area contributed by atoms with Crippen molar-refractivity contribution in [3.8, 4) is 0 Å². The highest BCUT2D eigenvalue weighted by Crippen LogP contribution is 2.46. The Hall–Kier alpha value is -2.31. The van der Waals surface area contributed by atoms with E-state index in [1.807, 2.05) is 0 Å². The van der Waals surface area contributed by atoms with Gasteiger partial charge < -0.3 is 5.11 Å². The van der Waals surface area contributed by atoms with Crippen LogP contribution in [0.4, 0.5) is 8.78 Å². The highest BCUT2D eigenvalue weighted by Gasteiger charge is 2.58. The molecule has 1 N–H and O–H groups in total. The van der Waals surface area contributed by atoms with Gasteiger partial charge >= 0.3 is 5.97 Å². The molecule has 5 nitrogen and oxygen atoms in total. The summed E-state index contributed by atoms with van der Waals surface area (Å²) in [6.45, 7) is 1.29. The minimum Gasteiger partial charge on any atom is -0.479 e. The third-order valence-corrected chi connectivity index (χ3v) is 4.20.